The van der Waals surface area contributed by atoms with Crippen LogP contribution < -0.4 is 16.0 Å². The highest BCUT2D eigenvalue weighted by Crippen LogP contribution is 2.29. The summed E-state index contributed by atoms with van der Waals surface area (Å²) in [5, 5.41) is -0.552. The number of hydrogen-bond donors (Lipinski definition) is 2. The zero-order chi connectivity index (χ0) is 27.8. The van der Waals surface area contributed by atoms with Gasteiger partial charge in [-0.15, -0.1) is 23.2 Å². The summed E-state index contributed by atoms with van der Waals surface area (Å²) in [5.41, 5.74) is 7.93. The molecule has 8 radical (unpaired) electrons. The van der Waals surface area contributed by atoms with E-state index < -0.39 is 40.5 Å². The molecule has 2 aromatic carbocycles. The second-order valence-corrected chi connectivity index (χ2v) is 9.24. The highest BCUT2D eigenvalue weighted by Gasteiger charge is 2.35. The van der Waals surface area contributed by atoms with Crippen LogP contribution in [0, 0.1) is 5.82 Å². The molecule has 0 bridgehead atoms. The predicted molar refractivity (Wildman–Crippen MR) is 149 cm³/mol. The molecule has 0 aliphatic heterocycles. The third-order valence-electron chi connectivity index (χ3n) is 5.49. The van der Waals surface area contributed by atoms with Gasteiger partial charge in [0.15, 0.2) is 0 Å². The Morgan fingerprint density at radius 1 is 0.973 bits per heavy atom. The van der Waals surface area contributed by atoms with Gasteiger partial charge in [0.2, 0.25) is 5.91 Å². The van der Waals surface area contributed by atoms with Crippen LogP contribution in [0.2, 0.25) is 0 Å². The van der Waals surface area contributed by atoms with E-state index in [2.05, 4.69) is 5.32 Å². The van der Waals surface area contributed by atoms with Crippen molar-refractivity contribution in [1.29, 1.82) is 0 Å². The van der Waals surface area contributed by atoms with Crippen LogP contribution in [-0.4, -0.2) is 84.4 Å². The normalized spacial score (nSPS) is 13.4. The van der Waals surface area contributed by atoms with Crippen molar-refractivity contribution in [3.8, 4) is 0 Å². The molecule has 0 aromatic heterocycles. The van der Waals surface area contributed by atoms with E-state index in [1.54, 1.807) is 31.2 Å². The van der Waals surface area contributed by atoms with Gasteiger partial charge in [-0.2, -0.15) is 0 Å². The molecule has 37 heavy (non-hydrogen) atoms. The van der Waals surface area contributed by atoms with Gasteiger partial charge in [0.25, 0.3) is 0 Å². The lowest BCUT2D eigenvalue weighted by atomic mass is 9.53. The first kappa shape index (κ1) is 31.1. The second-order valence-electron chi connectivity index (χ2n) is 8.71. The topological polar surface area (TPSA) is 84.7 Å². The number of nitrogens with one attached hydrogen (secondary N) is 1. The minimum absolute atomic E-state index is 0.114. The number of benzene rings is 2. The monoisotopic (exact) mass is 537 g/mol. The van der Waals surface area contributed by atoms with Gasteiger partial charge in [-0.1, -0.05) is 24.3 Å². The van der Waals surface area contributed by atoms with Crippen molar-refractivity contribution >= 4 is 72.2 Å². The maximum absolute atomic E-state index is 13.2. The van der Waals surface area contributed by atoms with Crippen LogP contribution in [0.5, 0.6) is 0 Å². The second kappa shape index (κ2) is 13.6. The van der Waals surface area contributed by atoms with Gasteiger partial charge in [-0.3, -0.25) is 4.79 Å². The molecule has 0 heterocycles. The van der Waals surface area contributed by atoms with Crippen LogP contribution in [0.1, 0.15) is 18.1 Å². The van der Waals surface area contributed by atoms with E-state index >= 15 is 0 Å². The molecule has 0 saturated heterocycles. The molecule has 0 aliphatic rings. The lowest BCUT2D eigenvalue weighted by molar-refractivity contribution is -0.147. The summed E-state index contributed by atoms with van der Waals surface area (Å²) in [7, 11) is 24.4. The number of hydrogen-bond acceptors (Lipinski definition) is 5. The summed E-state index contributed by atoms with van der Waals surface area (Å²) in [4.78, 5) is 26.6. The van der Waals surface area contributed by atoms with E-state index in [-0.39, 0.29) is 31.2 Å². The molecule has 0 fully saturated rings. The Morgan fingerprint density at radius 2 is 1.46 bits per heavy atom. The fourth-order valence-electron chi connectivity index (χ4n) is 3.69. The first-order chi connectivity index (χ1) is 17.3. The molecule has 2 rings (SSSR count). The van der Waals surface area contributed by atoms with Gasteiger partial charge in [0.05, 0.1) is 44.0 Å². The fraction of sp³-hybridized carbons (Fsp3) is 0.417. The van der Waals surface area contributed by atoms with Crippen molar-refractivity contribution in [2.24, 2.45) is 5.73 Å². The van der Waals surface area contributed by atoms with Crippen molar-refractivity contribution in [1.82, 2.24) is 5.32 Å². The molecule has 0 aliphatic carbocycles. The van der Waals surface area contributed by atoms with Gasteiger partial charge in [0.1, 0.15) is 11.9 Å². The molecule has 1 amide bonds. The SMILES string of the molecule is [B]C([B])(CCl)N(c1ccc(CC(N)C(=O)NC(Cc2ccc(F)cc2)C(=O)OCC)cc1)C([B])([B])CCl. The number of carbonyl (C=O) groups is 2. The molecule has 0 spiro atoms. The Labute approximate surface area is 232 Å². The number of amides is 1. The van der Waals surface area contributed by atoms with E-state index in [1.807, 2.05) is 0 Å². The molecule has 0 saturated carbocycles. The maximum atomic E-state index is 13.2. The molecular weight excluding hydrogens is 511 g/mol. The molecule has 2 aromatic rings. The Kier molecular flexibility index (Phi) is 11.5. The predicted octanol–water partition coefficient (Wildman–Crippen LogP) is 1.25. The van der Waals surface area contributed by atoms with E-state index in [9.17, 15) is 14.0 Å². The standard InChI is InChI=1S/C24H26B4Cl2FN3O3/c1-2-37-22(36)20(12-16-3-7-17(31)8-4-16)33-21(35)19(32)11-15-5-9-18(10-6-15)34(23(25,26)13-29)24(27,28)14-30/h3-10,19-20H,2,11-14,32H2,1H3,(H,33,35). The average molecular weight is 538 g/mol. The van der Waals surface area contributed by atoms with Crippen molar-refractivity contribution in [3.63, 3.8) is 0 Å². The summed E-state index contributed by atoms with van der Waals surface area (Å²) < 4.78 is 18.3. The number of anilines is 1. The molecule has 13 heteroatoms. The minimum Gasteiger partial charge on any atom is -0.464 e. The zero-order valence-electron chi connectivity index (χ0n) is 20.5. The number of rotatable bonds is 13. The van der Waals surface area contributed by atoms with Crippen LogP contribution in [0.25, 0.3) is 0 Å². The van der Waals surface area contributed by atoms with Crippen molar-refractivity contribution in [2.45, 2.75) is 42.5 Å². The Bertz CT molecular complexity index is 1030. The van der Waals surface area contributed by atoms with Crippen LogP contribution in [-0.2, 0) is 27.2 Å². The number of esters is 1. The number of alkyl halides is 2. The van der Waals surface area contributed by atoms with Crippen LogP contribution in [0.4, 0.5) is 10.1 Å². The molecule has 6 nitrogen and oxygen atoms in total. The molecular formula is C24H26B4Cl2FN3O3. The Morgan fingerprint density at radius 3 is 1.95 bits per heavy atom. The Hall–Kier alpha value is -2.09. The summed E-state index contributed by atoms with van der Waals surface area (Å²) in [6.07, 6.45) is 0.263. The smallest absolute Gasteiger partial charge is 0.328 e. The van der Waals surface area contributed by atoms with E-state index in [0.29, 0.717) is 16.8 Å². The van der Waals surface area contributed by atoms with E-state index in [1.165, 1.54) is 29.2 Å². The van der Waals surface area contributed by atoms with Gasteiger partial charge in [-0.25, -0.2) is 9.18 Å². The van der Waals surface area contributed by atoms with E-state index in [4.69, 9.17) is 65.1 Å². The highest BCUT2D eigenvalue weighted by molar-refractivity contribution is 6.51. The van der Waals surface area contributed by atoms with Gasteiger partial charge in [-0.05, 0) is 59.4 Å². The highest BCUT2D eigenvalue weighted by atomic mass is 35.5. The third-order valence-corrected chi connectivity index (χ3v) is 6.34. The van der Waals surface area contributed by atoms with Crippen molar-refractivity contribution in [2.75, 3.05) is 23.3 Å². The van der Waals surface area contributed by atoms with Crippen molar-refractivity contribution < 1.29 is 18.7 Å². The number of nitrogens with two attached hydrogens (primary N) is 1. The third kappa shape index (κ3) is 8.72. The fourth-order valence-corrected chi connectivity index (χ4v) is 3.93. The zero-order valence-corrected chi connectivity index (χ0v) is 22.0. The number of halogens is 3. The van der Waals surface area contributed by atoms with Crippen LogP contribution in [0.3, 0.4) is 0 Å². The summed E-state index contributed by atoms with van der Waals surface area (Å²) in [6.45, 7) is 1.79. The lowest BCUT2D eigenvalue weighted by Crippen LogP contribution is -2.65. The maximum Gasteiger partial charge on any atom is 0.328 e. The molecule has 2 atom stereocenters. The quantitative estimate of drug-likeness (QED) is 0.228. The average Bonchev–Trinajstić information content (AvgIpc) is 2.85. The van der Waals surface area contributed by atoms with E-state index in [0.717, 1.165) is 0 Å². The first-order valence-electron chi connectivity index (χ1n) is 11.5. The van der Waals surface area contributed by atoms with Crippen LogP contribution in [0.15, 0.2) is 48.5 Å². The lowest BCUT2D eigenvalue weighted by Gasteiger charge is -2.51. The summed E-state index contributed by atoms with van der Waals surface area (Å²) >= 11 is 11.8. The first-order valence-corrected chi connectivity index (χ1v) is 12.5. The summed E-state index contributed by atoms with van der Waals surface area (Å²) in [6, 6.07) is 10.3. The van der Waals surface area contributed by atoms with Gasteiger partial charge < -0.3 is 20.7 Å². The van der Waals surface area contributed by atoms with Gasteiger partial charge >= 0.3 is 5.97 Å². The molecule has 188 valence electrons. The summed E-state index contributed by atoms with van der Waals surface area (Å²) in [5.74, 6) is -1.96. The minimum atomic E-state index is -1.59. The molecule has 3 N–H and O–H groups in total. The number of carbonyl (C=O) groups excluding carboxylic acids is 2. The van der Waals surface area contributed by atoms with Crippen molar-refractivity contribution in [3.05, 3.63) is 65.5 Å². The Balaban J connectivity index is 2.13. The number of ether oxygens (including phenoxy) is 1. The largest absolute Gasteiger partial charge is 0.464 e. The van der Waals surface area contributed by atoms with Crippen LogP contribution >= 0.6 is 23.2 Å². The number of nitrogens with zero attached hydrogens (tertiary/aromatic N) is 1. The molecule has 2 unspecified atom stereocenters. The van der Waals surface area contributed by atoms with Gasteiger partial charge in [0, 0.05) is 23.9 Å².